The van der Waals surface area contributed by atoms with Crippen molar-refractivity contribution >= 4 is 0 Å². The fourth-order valence-electron chi connectivity index (χ4n) is 1.78. The van der Waals surface area contributed by atoms with E-state index in [1.807, 2.05) is 13.2 Å². The summed E-state index contributed by atoms with van der Waals surface area (Å²) in [5, 5.41) is 0. The fraction of sp³-hybridized carbons (Fsp3) is 0.700. The first-order valence-corrected chi connectivity index (χ1v) is 5.31. The summed E-state index contributed by atoms with van der Waals surface area (Å²) in [6.07, 6.45) is 1.86. The first-order valence-electron chi connectivity index (χ1n) is 5.31. The van der Waals surface area contributed by atoms with Gasteiger partial charge in [-0.3, -0.25) is 4.90 Å². The van der Waals surface area contributed by atoms with E-state index in [1.165, 1.54) is 0 Å². The summed E-state index contributed by atoms with van der Waals surface area (Å²) in [5.41, 5.74) is 6.68. The van der Waals surface area contributed by atoms with Crippen molar-refractivity contribution in [2.24, 2.45) is 12.8 Å². The predicted octanol–water partition coefficient (Wildman–Crippen LogP) is -0.289. The SMILES string of the molecule is Cn1c(CN)cnc1CN1CCOCC1. The summed E-state index contributed by atoms with van der Waals surface area (Å²) in [5.74, 6) is 1.08. The molecule has 0 aromatic carbocycles. The van der Waals surface area contributed by atoms with Crippen LogP contribution in [0.15, 0.2) is 6.20 Å². The second kappa shape index (κ2) is 4.74. The molecule has 0 atom stereocenters. The predicted molar refractivity (Wildman–Crippen MR) is 57.2 cm³/mol. The van der Waals surface area contributed by atoms with Crippen molar-refractivity contribution in [3.63, 3.8) is 0 Å². The smallest absolute Gasteiger partial charge is 0.122 e. The van der Waals surface area contributed by atoms with Crippen molar-refractivity contribution in [2.45, 2.75) is 13.1 Å². The van der Waals surface area contributed by atoms with Crippen LogP contribution in [0, 0.1) is 0 Å². The van der Waals surface area contributed by atoms with Gasteiger partial charge in [0.1, 0.15) is 5.82 Å². The van der Waals surface area contributed by atoms with E-state index in [4.69, 9.17) is 10.5 Å². The lowest BCUT2D eigenvalue weighted by molar-refractivity contribution is 0.0327. The van der Waals surface area contributed by atoms with Gasteiger partial charge >= 0.3 is 0 Å². The van der Waals surface area contributed by atoms with E-state index < -0.39 is 0 Å². The van der Waals surface area contributed by atoms with Crippen LogP contribution < -0.4 is 5.73 Å². The topological polar surface area (TPSA) is 56.3 Å². The minimum atomic E-state index is 0.548. The fourth-order valence-corrected chi connectivity index (χ4v) is 1.78. The normalized spacial score (nSPS) is 18.3. The molecule has 84 valence electrons. The lowest BCUT2D eigenvalue weighted by atomic mass is 10.4. The van der Waals surface area contributed by atoms with Gasteiger partial charge in [0.05, 0.1) is 25.5 Å². The average Bonchev–Trinajstić information content (AvgIpc) is 2.62. The Hall–Kier alpha value is -0.910. The number of nitrogens with zero attached hydrogens (tertiary/aromatic N) is 3. The van der Waals surface area contributed by atoms with E-state index in [1.54, 1.807) is 0 Å². The summed E-state index contributed by atoms with van der Waals surface area (Å²) in [7, 11) is 2.02. The molecule has 5 heteroatoms. The second-order valence-corrected chi connectivity index (χ2v) is 3.82. The van der Waals surface area contributed by atoms with Gasteiger partial charge in [-0.15, -0.1) is 0 Å². The van der Waals surface area contributed by atoms with Crippen LogP contribution in [-0.2, 0) is 24.9 Å². The molecule has 1 fully saturated rings. The van der Waals surface area contributed by atoms with Crippen molar-refractivity contribution < 1.29 is 4.74 Å². The largest absolute Gasteiger partial charge is 0.379 e. The molecule has 1 aliphatic heterocycles. The van der Waals surface area contributed by atoms with E-state index in [9.17, 15) is 0 Å². The van der Waals surface area contributed by atoms with E-state index in [0.717, 1.165) is 44.4 Å². The summed E-state index contributed by atoms with van der Waals surface area (Å²) in [6.45, 7) is 5.07. The molecule has 0 bridgehead atoms. The molecule has 0 unspecified atom stereocenters. The van der Waals surface area contributed by atoms with Crippen LogP contribution in [0.4, 0.5) is 0 Å². The molecule has 0 aliphatic carbocycles. The monoisotopic (exact) mass is 210 g/mol. The van der Waals surface area contributed by atoms with E-state index in [0.29, 0.717) is 6.54 Å². The maximum Gasteiger partial charge on any atom is 0.122 e. The second-order valence-electron chi connectivity index (χ2n) is 3.82. The molecular formula is C10H18N4O. The molecule has 0 saturated carbocycles. The zero-order valence-corrected chi connectivity index (χ0v) is 9.15. The van der Waals surface area contributed by atoms with Gasteiger partial charge in [0.15, 0.2) is 0 Å². The van der Waals surface area contributed by atoms with Gasteiger partial charge in [0.25, 0.3) is 0 Å². The zero-order valence-electron chi connectivity index (χ0n) is 9.15. The molecule has 15 heavy (non-hydrogen) atoms. The van der Waals surface area contributed by atoms with E-state index in [2.05, 4.69) is 14.5 Å². The van der Waals surface area contributed by atoms with Crippen LogP contribution in [0.25, 0.3) is 0 Å². The zero-order chi connectivity index (χ0) is 10.7. The van der Waals surface area contributed by atoms with Crippen LogP contribution >= 0.6 is 0 Å². The maximum absolute atomic E-state index is 5.60. The Morgan fingerprint density at radius 2 is 2.20 bits per heavy atom. The van der Waals surface area contributed by atoms with E-state index in [-0.39, 0.29) is 0 Å². The Balaban J connectivity index is 2.00. The van der Waals surface area contributed by atoms with Gasteiger partial charge in [-0.1, -0.05) is 0 Å². The lowest BCUT2D eigenvalue weighted by Crippen LogP contribution is -2.36. The molecule has 0 spiro atoms. The number of aromatic nitrogens is 2. The molecule has 0 radical (unpaired) electrons. The highest BCUT2D eigenvalue weighted by Crippen LogP contribution is 2.07. The molecule has 1 aliphatic rings. The van der Waals surface area contributed by atoms with Gasteiger partial charge in [-0.05, 0) is 0 Å². The summed E-state index contributed by atoms with van der Waals surface area (Å²) < 4.78 is 7.38. The van der Waals surface area contributed by atoms with Crippen LogP contribution in [0.5, 0.6) is 0 Å². The Kier molecular flexibility index (Phi) is 3.35. The third-order valence-corrected chi connectivity index (χ3v) is 2.86. The van der Waals surface area contributed by atoms with E-state index >= 15 is 0 Å². The molecule has 2 N–H and O–H groups in total. The number of hydrogen-bond donors (Lipinski definition) is 1. The Morgan fingerprint density at radius 1 is 1.47 bits per heavy atom. The third kappa shape index (κ3) is 2.37. The highest BCUT2D eigenvalue weighted by atomic mass is 16.5. The van der Waals surface area contributed by atoms with Gasteiger partial charge < -0.3 is 15.0 Å². The van der Waals surface area contributed by atoms with Crippen LogP contribution in [-0.4, -0.2) is 40.8 Å². The summed E-state index contributed by atoms with van der Waals surface area (Å²) in [6, 6.07) is 0. The van der Waals surface area contributed by atoms with Crippen molar-refractivity contribution in [3.8, 4) is 0 Å². The maximum atomic E-state index is 5.60. The molecular weight excluding hydrogens is 192 g/mol. The van der Waals surface area contributed by atoms with Crippen LogP contribution in [0.1, 0.15) is 11.5 Å². The third-order valence-electron chi connectivity index (χ3n) is 2.86. The minimum absolute atomic E-state index is 0.548. The van der Waals surface area contributed by atoms with Crippen molar-refractivity contribution in [3.05, 3.63) is 17.7 Å². The number of ether oxygens (including phenoxy) is 1. The van der Waals surface area contributed by atoms with Gasteiger partial charge in [0, 0.05) is 32.9 Å². The van der Waals surface area contributed by atoms with Crippen LogP contribution in [0.2, 0.25) is 0 Å². The highest BCUT2D eigenvalue weighted by Gasteiger charge is 2.13. The molecule has 2 heterocycles. The average molecular weight is 210 g/mol. The Labute approximate surface area is 89.8 Å². The van der Waals surface area contributed by atoms with Crippen molar-refractivity contribution in [1.82, 2.24) is 14.5 Å². The Bertz CT molecular complexity index is 317. The quantitative estimate of drug-likeness (QED) is 0.745. The first-order chi connectivity index (χ1) is 7.31. The molecule has 0 amide bonds. The van der Waals surface area contributed by atoms with Gasteiger partial charge in [-0.2, -0.15) is 0 Å². The number of nitrogens with two attached hydrogens (primary N) is 1. The van der Waals surface area contributed by atoms with Crippen molar-refractivity contribution in [2.75, 3.05) is 26.3 Å². The number of rotatable bonds is 3. The van der Waals surface area contributed by atoms with Gasteiger partial charge in [0.2, 0.25) is 0 Å². The lowest BCUT2D eigenvalue weighted by Gasteiger charge is -2.26. The molecule has 1 aromatic rings. The standard InChI is InChI=1S/C10H18N4O/c1-13-9(6-11)7-12-10(13)8-14-2-4-15-5-3-14/h7H,2-6,8,11H2,1H3. The number of hydrogen-bond acceptors (Lipinski definition) is 4. The number of morpholine rings is 1. The minimum Gasteiger partial charge on any atom is -0.379 e. The van der Waals surface area contributed by atoms with Crippen molar-refractivity contribution in [1.29, 1.82) is 0 Å². The molecule has 1 aromatic heterocycles. The first kappa shape index (κ1) is 10.6. The molecule has 1 saturated heterocycles. The number of imidazole rings is 1. The summed E-state index contributed by atoms with van der Waals surface area (Å²) in [4.78, 5) is 6.73. The Morgan fingerprint density at radius 3 is 2.80 bits per heavy atom. The van der Waals surface area contributed by atoms with Crippen LogP contribution in [0.3, 0.4) is 0 Å². The summed E-state index contributed by atoms with van der Waals surface area (Å²) >= 11 is 0. The highest BCUT2D eigenvalue weighted by molar-refractivity contribution is 5.04. The molecule has 2 rings (SSSR count). The molecule has 5 nitrogen and oxygen atoms in total. The van der Waals surface area contributed by atoms with Gasteiger partial charge in [-0.25, -0.2) is 4.98 Å².